The van der Waals surface area contributed by atoms with Crippen LogP contribution in [0, 0.1) is 11.6 Å². The van der Waals surface area contributed by atoms with E-state index in [1.165, 1.54) is 75.6 Å². The first kappa shape index (κ1) is 48.8. The van der Waals surface area contributed by atoms with Crippen molar-refractivity contribution in [3.8, 4) is 45.0 Å². The van der Waals surface area contributed by atoms with E-state index in [2.05, 4.69) is 20.6 Å². The Hall–Kier alpha value is -5.16. The fraction of sp³-hybridized carbons (Fsp3) is 0.440. The summed E-state index contributed by atoms with van der Waals surface area (Å²) in [6.45, 7) is 1.45. The van der Waals surface area contributed by atoms with Gasteiger partial charge in [0, 0.05) is 86.0 Å². The van der Waals surface area contributed by atoms with Crippen LogP contribution in [0.2, 0.25) is 0 Å². The third-order valence-electron chi connectivity index (χ3n) is 12.2. The van der Waals surface area contributed by atoms with Crippen LogP contribution < -0.4 is 10.6 Å². The monoisotopic (exact) mass is 940 g/mol. The summed E-state index contributed by atoms with van der Waals surface area (Å²) in [4.78, 5) is 18.6. The first-order chi connectivity index (χ1) is 32.1. The number of rotatable bonds is 16. The molecule has 8 rings (SSSR count). The van der Waals surface area contributed by atoms with Gasteiger partial charge in [0.25, 0.3) is 0 Å². The normalized spacial score (nSPS) is 15.8. The molecule has 4 aromatic heterocycles. The van der Waals surface area contributed by atoms with Crippen molar-refractivity contribution in [1.82, 2.24) is 29.1 Å². The van der Waals surface area contributed by atoms with Gasteiger partial charge >= 0.3 is 0 Å². The Bertz CT molecular complexity index is 2360. The van der Waals surface area contributed by atoms with Crippen molar-refractivity contribution in [1.29, 1.82) is 0 Å². The van der Waals surface area contributed by atoms with Gasteiger partial charge in [-0.15, -0.1) is 0 Å². The minimum absolute atomic E-state index is 0.0180. The Balaban J connectivity index is 0.000000196. The van der Waals surface area contributed by atoms with Crippen LogP contribution in [0.1, 0.15) is 83.5 Å². The number of pyridine rings is 2. The number of nitrogens with zero attached hydrogens (tertiary/aromatic N) is 6. The van der Waals surface area contributed by atoms with Crippen LogP contribution in [0.25, 0.3) is 45.0 Å². The summed E-state index contributed by atoms with van der Waals surface area (Å²) in [5.41, 5.74) is 6.26. The standard InChI is InChI=1S/2C25H31FN4O2S/c1-32-16-15-30-24(23(29-25(30)33(2)31)18-9-11-20(26)12-10-18)19-13-14-27-22(17-19)28-21-7-5-3-4-6-8-21;1-33(32)25-29-23(18-9-11-20(26)12-10-18)24(30(25)15-6-16-31)19-13-14-27-22(17-19)28-21-7-4-2-3-5-8-21/h9-14,17,21H,3-8,15-16H2,1-2H3,(H,27,28);9-14,17,21,31H,2-8,15-16H2,1H3,(H,27,28). The molecule has 3 N–H and O–H groups in total. The van der Waals surface area contributed by atoms with Crippen LogP contribution in [0.15, 0.2) is 95.5 Å². The molecule has 2 aliphatic carbocycles. The number of hydrogen-bond acceptors (Lipinski definition) is 10. The van der Waals surface area contributed by atoms with E-state index in [0.717, 1.165) is 71.0 Å². The Morgan fingerprint density at radius 3 is 1.41 bits per heavy atom. The van der Waals surface area contributed by atoms with Gasteiger partial charge in [-0.05, 0) is 105 Å². The van der Waals surface area contributed by atoms with E-state index in [9.17, 15) is 22.3 Å². The molecule has 2 saturated carbocycles. The maximum absolute atomic E-state index is 13.6. The van der Waals surface area contributed by atoms with Gasteiger partial charge in [-0.25, -0.2) is 28.7 Å². The largest absolute Gasteiger partial charge is 0.396 e. The molecule has 0 radical (unpaired) electrons. The number of aliphatic hydroxyl groups excluding tert-OH is 1. The zero-order valence-corrected chi connectivity index (χ0v) is 39.8. The second-order valence-electron chi connectivity index (χ2n) is 17.0. The molecule has 2 atom stereocenters. The van der Waals surface area contributed by atoms with Gasteiger partial charge in [0.05, 0.1) is 51.0 Å². The van der Waals surface area contributed by atoms with Crippen LogP contribution >= 0.6 is 0 Å². The van der Waals surface area contributed by atoms with Gasteiger partial charge in [-0.1, -0.05) is 51.4 Å². The SMILES string of the molecule is COCCn1c(S(C)=O)nc(-c2ccc(F)cc2)c1-c1ccnc(NC2CCCCCC2)c1.CS(=O)c1nc(-c2ccc(F)cc2)c(-c2ccnc(NC3CCCCCC3)c2)n1CCCO. The van der Waals surface area contributed by atoms with Gasteiger partial charge in [-0.3, -0.25) is 8.42 Å². The molecule has 4 heterocycles. The molecule has 2 aromatic carbocycles. The van der Waals surface area contributed by atoms with Crippen molar-refractivity contribution in [2.45, 2.75) is 119 Å². The number of aromatic nitrogens is 6. The highest BCUT2D eigenvalue weighted by atomic mass is 32.2. The molecule has 6 aromatic rings. The molecule has 0 bridgehead atoms. The molecule has 12 nitrogen and oxygen atoms in total. The lowest BCUT2D eigenvalue weighted by molar-refractivity contribution is 0.185. The van der Waals surface area contributed by atoms with E-state index in [0.29, 0.717) is 59.9 Å². The van der Waals surface area contributed by atoms with Crippen LogP contribution in [0.3, 0.4) is 0 Å². The van der Waals surface area contributed by atoms with Gasteiger partial charge in [0.2, 0.25) is 0 Å². The summed E-state index contributed by atoms with van der Waals surface area (Å²) in [5, 5.41) is 17.6. The lowest BCUT2D eigenvalue weighted by Crippen LogP contribution is -2.19. The fourth-order valence-corrected chi connectivity index (χ4v) is 10.3. The van der Waals surface area contributed by atoms with Crippen molar-refractivity contribution in [3.05, 3.63) is 96.8 Å². The maximum atomic E-state index is 13.6. The van der Waals surface area contributed by atoms with Gasteiger partial charge in [0.15, 0.2) is 10.3 Å². The molecule has 352 valence electrons. The molecule has 0 spiro atoms. The molecule has 0 aliphatic heterocycles. The minimum atomic E-state index is -1.33. The number of methoxy groups -OCH3 is 1. The lowest BCUT2D eigenvalue weighted by Gasteiger charge is -2.18. The third kappa shape index (κ3) is 12.6. The number of benzene rings is 2. The number of nitrogens with one attached hydrogen (secondary N) is 2. The Labute approximate surface area is 392 Å². The zero-order valence-electron chi connectivity index (χ0n) is 38.2. The minimum Gasteiger partial charge on any atom is -0.396 e. The smallest absolute Gasteiger partial charge is 0.199 e. The zero-order chi connectivity index (χ0) is 46.4. The van der Waals surface area contributed by atoms with Gasteiger partial charge < -0.3 is 29.6 Å². The Morgan fingerprint density at radius 1 is 0.621 bits per heavy atom. The number of imidazole rings is 2. The van der Waals surface area contributed by atoms with Crippen LogP contribution in [-0.2, 0) is 39.4 Å². The summed E-state index contributed by atoms with van der Waals surface area (Å²) >= 11 is 0. The number of hydrogen-bond donors (Lipinski definition) is 3. The van der Waals surface area contributed by atoms with Crippen molar-refractivity contribution < 1.29 is 27.0 Å². The van der Waals surface area contributed by atoms with Crippen LogP contribution in [0.4, 0.5) is 20.4 Å². The average molecular weight is 941 g/mol. The number of halogens is 2. The topological polar surface area (TPSA) is 149 Å². The number of ether oxygens (including phenoxy) is 1. The molecule has 66 heavy (non-hydrogen) atoms. The summed E-state index contributed by atoms with van der Waals surface area (Å²) < 4.78 is 61.5. The van der Waals surface area contributed by atoms with Crippen molar-refractivity contribution in [2.75, 3.05) is 43.5 Å². The Morgan fingerprint density at radius 2 is 1.03 bits per heavy atom. The molecule has 2 fully saturated rings. The maximum Gasteiger partial charge on any atom is 0.199 e. The fourth-order valence-electron chi connectivity index (χ4n) is 8.91. The summed E-state index contributed by atoms with van der Waals surface area (Å²) in [7, 11) is -1.00. The first-order valence-electron chi connectivity index (χ1n) is 23.1. The van der Waals surface area contributed by atoms with E-state index in [1.807, 2.05) is 33.4 Å². The van der Waals surface area contributed by atoms with Gasteiger partial charge in [-0.2, -0.15) is 0 Å². The first-order valence-corrected chi connectivity index (χ1v) is 26.2. The predicted molar refractivity (Wildman–Crippen MR) is 260 cm³/mol. The van der Waals surface area contributed by atoms with E-state index in [4.69, 9.17) is 14.7 Å². The van der Waals surface area contributed by atoms with E-state index < -0.39 is 21.6 Å². The number of anilines is 2. The second-order valence-corrected chi connectivity index (χ2v) is 19.6. The molecule has 2 unspecified atom stereocenters. The van der Waals surface area contributed by atoms with Crippen LogP contribution in [0.5, 0.6) is 0 Å². The lowest BCUT2D eigenvalue weighted by atomic mass is 10.0. The molecule has 0 saturated heterocycles. The van der Waals surface area contributed by atoms with E-state index >= 15 is 0 Å². The summed E-state index contributed by atoms with van der Waals surface area (Å²) in [6, 6.07) is 21.1. The summed E-state index contributed by atoms with van der Waals surface area (Å²) in [5.74, 6) is 0.997. The summed E-state index contributed by atoms with van der Waals surface area (Å²) in [6.07, 6.45) is 22.0. The van der Waals surface area contributed by atoms with Crippen molar-refractivity contribution >= 4 is 33.2 Å². The van der Waals surface area contributed by atoms with E-state index in [-0.39, 0.29) is 18.2 Å². The quantitative estimate of drug-likeness (QED) is 0.0801. The molecular formula is C50H62F2N8O4S2. The van der Waals surface area contributed by atoms with Crippen LogP contribution in [-0.4, -0.2) is 87.5 Å². The molecule has 16 heteroatoms. The highest BCUT2D eigenvalue weighted by Crippen LogP contribution is 2.37. The molecule has 0 amide bonds. The molecular weight excluding hydrogens is 879 g/mol. The predicted octanol–water partition coefficient (Wildman–Crippen LogP) is 10.3. The highest BCUT2D eigenvalue weighted by molar-refractivity contribution is 7.84. The number of aliphatic hydroxyl groups is 1. The average Bonchev–Trinajstić information content (AvgIpc) is 3.64. The van der Waals surface area contributed by atoms with Crippen molar-refractivity contribution in [3.63, 3.8) is 0 Å². The Kier molecular flexibility index (Phi) is 17.8. The van der Waals surface area contributed by atoms with Gasteiger partial charge in [0.1, 0.15) is 23.3 Å². The third-order valence-corrected chi connectivity index (χ3v) is 13.8. The van der Waals surface area contributed by atoms with Crippen molar-refractivity contribution in [2.24, 2.45) is 0 Å². The highest BCUT2D eigenvalue weighted by Gasteiger charge is 2.25. The second kappa shape index (κ2) is 24.0. The molecule has 2 aliphatic rings. The van der Waals surface area contributed by atoms with E-state index in [1.54, 1.807) is 56.3 Å².